The Morgan fingerprint density at radius 2 is 1.78 bits per heavy atom. The largest absolute Gasteiger partial charge is 0.368 e. The average molecular weight is 450 g/mol. The van der Waals surface area contributed by atoms with E-state index in [9.17, 15) is 9.59 Å². The summed E-state index contributed by atoms with van der Waals surface area (Å²) in [6.07, 6.45) is 2.05. The van der Waals surface area contributed by atoms with Crippen LogP contribution >= 0.6 is 11.8 Å². The summed E-state index contributed by atoms with van der Waals surface area (Å²) in [5, 5.41) is 8.84. The van der Waals surface area contributed by atoms with E-state index in [4.69, 9.17) is 5.73 Å². The van der Waals surface area contributed by atoms with E-state index in [1.165, 1.54) is 11.8 Å². The minimum Gasteiger partial charge on any atom is -0.368 e. The third kappa shape index (κ3) is 6.42. The highest BCUT2D eigenvalue weighted by atomic mass is 32.2. The molecule has 0 aliphatic heterocycles. The number of amides is 2. The molecule has 0 spiro atoms. The van der Waals surface area contributed by atoms with Gasteiger partial charge in [-0.05, 0) is 43.2 Å². The van der Waals surface area contributed by atoms with E-state index in [2.05, 4.69) is 30.9 Å². The third-order valence-corrected chi connectivity index (χ3v) is 5.44. The lowest BCUT2D eigenvalue weighted by atomic mass is 10.2. The zero-order valence-electron chi connectivity index (χ0n) is 17.2. The number of para-hydroxylation sites is 1. The van der Waals surface area contributed by atoms with Gasteiger partial charge in [-0.15, -0.1) is 11.8 Å². The minimum absolute atomic E-state index is 0.111. The molecule has 9 nitrogen and oxygen atoms in total. The van der Waals surface area contributed by atoms with Gasteiger partial charge < -0.3 is 21.7 Å². The maximum Gasteiger partial charge on any atom is 0.251 e. The summed E-state index contributed by atoms with van der Waals surface area (Å²) in [6.45, 7) is 0. The summed E-state index contributed by atoms with van der Waals surface area (Å²) < 4.78 is 0. The Morgan fingerprint density at radius 3 is 2.56 bits per heavy atom. The number of nitrogens with two attached hydrogens (primary N) is 1. The van der Waals surface area contributed by atoms with Crippen LogP contribution in [0.15, 0.2) is 54.6 Å². The first-order valence-corrected chi connectivity index (χ1v) is 11.3. The Labute approximate surface area is 189 Å². The van der Waals surface area contributed by atoms with Crippen LogP contribution in [0.25, 0.3) is 0 Å². The second kappa shape index (κ2) is 10.1. The van der Waals surface area contributed by atoms with Crippen molar-refractivity contribution < 1.29 is 9.59 Å². The van der Waals surface area contributed by atoms with E-state index in [1.54, 1.807) is 24.3 Å². The van der Waals surface area contributed by atoms with E-state index in [-0.39, 0.29) is 29.6 Å². The normalized spacial score (nSPS) is 12.8. The van der Waals surface area contributed by atoms with Crippen molar-refractivity contribution in [2.75, 3.05) is 22.1 Å². The molecule has 3 aromatic rings. The van der Waals surface area contributed by atoms with Gasteiger partial charge in [-0.3, -0.25) is 9.59 Å². The number of thioether (sulfide) groups is 1. The molecule has 1 aliphatic carbocycles. The molecule has 2 amide bonds. The van der Waals surface area contributed by atoms with Crippen LogP contribution in [0.1, 0.15) is 29.0 Å². The van der Waals surface area contributed by atoms with Gasteiger partial charge >= 0.3 is 0 Å². The molecule has 1 aliphatic rings. The molecule has 164 valence electrons. The summed E-state index contributed by atoms with van der Waals surface area (Å²) >= 11 is 1.36. The van der Waals surface area contributed by atoms with Crippen LogP contribution in [-0.4, -0.2) is 38.6 Å². The number of carbonyl (C=O) groups is 2. The average Bonchev–Trinajstić information content (AvgIpc) is 3.58. The van der Waals surface area contributed by atoms with E-state index < -0.39 is 0 Å². The number of hydrogen-bond acceptors (Lipinski definition) is 8. The lowest BCUT2D eigenvalue weighted by Crippen LogP contribution is -2.25. The molecule has 2 aromatic carbocycles. The fourth-order valence-electron chi connectivity index (χ4n) is 2.88. The molecule has 0 saturated heterocycles. The standard InChI is InChI=1S/C22H23N7O2S/c23-21-27-18(28-22(29-21)26-15-6-2-1-3-7-15)12-32-13-19(30)24-17-8-4-5-14(11-17)20(31)25-16-9-10-16/h1-8,11,16H,9-10,12-13H2,(H,24,30)(H,25,31)(H3,23,26,27,28,29). The zero-order chi connectivity index (χ0) is 22.3. The van der Waals surface area contributed by atoms with Crippen molar-refractivity contribution in [2.45, 2.75) is 24.6 Å². The highest BCUT2D eigenvalue weighted by Crippen LogP contribution is 2.20. The molecule has 5 N–H and O–H groups in total. The predicted molar refractivity (Wildman–Crippen MR) is 126 cm³/mol. The molecule has 0 bridgehead atoms. The summed E-state index contributed by atoms with van der Waals surface area (Å²) in [4.78, 5) is 37.1. The molecule has 1 saturated carbocycles. The zero-order valence-corrected chi connectivity index (χ0v) is 18.1. The van der Waals surface area contributed by atoms with Crippen LogP contribution in [0.5, 0.6) is 0 Å². The number of nitrogens with one attached hydrogen (secondary N) is 3. The van der Waals surface area contributed by atoms with Crippen molar-refractivity contribution in [2.24, 2.45) is 0 Å². The van der Waals surface area contributed by atoms with Crippen molar-refractivity contribution in [1.29, 1.82) is 0 Å². The van der Waals surface area contributed by atoms with Crippen LogP contribution in [0, 0.1) is 0 Å². The summed E-state index contributed by atoms with van der Waals surface area (Å²) in [7, 11) is 0. The number of hydrogen-bond donors (Lipinski definition) is 4. The van der Waals surface area contributed by atoms with Crippen molar-refractivity contribution >= 4 is 46.8 Å². The molecule has 1 aromatic heterocycles. The number of anilines is 4. The molecule has 1 fully saturated rings. The molecule has 0 radical (unpaired) electrons. The van der Waals surface area contributed by atoms with Gasteiger partial charge in [0.05, 0.1) is 11.5 Å². The summed E-state index contributed by atoms with van der Waals surface area (Å²) in [5.41, 5.74) is 7.74. The Bertz CT molecular complexity index is 1110. The monoisotopic (exact) mass is 449 g/mol. The minimum atomic E-state index is -0.181. The Morgan fingerprint density at radius 1 is 1.00 bits per heavy atom. The number of benzene rings is 2. The highest BCUT2D eigenvalue weighted by molar-refractivity contribution is 7.99. The van der Waals surface area contributed by atoms with Gasteiger partial charge in [-0.1, -0.05) is 24.3 Å². The first-order chi connectivity index (χ1) is 15.5. The first-order valence-electron chi connectivity index (χ1n) is 10.2. The van der Waals surface area contributed by atoms with Gasteiger partial charge in [0.25, 0.3) is 5.91 Å². The van der Waals surface area contributed by atoms with Gasteiger partial charge in [0.1, 0.15) is 5.82 Å². The fraction of sp³-hybridized carbons (Fsp3) is 0.227. The van der Waals surface area contributed by atoms with Crippen molar-refractivity contribution in [3.63, 3.8) is 0 Å². The Kier molecular flexibility index (Phi) is 6.81. The fourth-order valence-corrected chi connectivity index (χ4v) is 3.55. The van der Waals surface area contributed by atoms with Crippen LogP contribution in [-0.2, 0) is 10.5 Å². The molecular formula is C22H23N7O2S. The summed E-state index contributed by atoms with van der Waals surface area (Å²) in [6, 6.07) is 16.7. The molecule has 10 heteroatoms. The maximum atomic E-state index is 12.3. The highest BCUT2D eigenvalue weighted by Gasteiger charge is 2.23. The van der Waals surface area contributed by atoms with Crippen LogP contribution in [0.4, 0.5) is 23.3 Å². The summed E-state index contributed by atoms with van der Waals surface area (Å²) in [5.74, 6) is 1.24. The topological polar surface area (TPSA) is 135 Å². The SMILES string of the molecule is Nc1nc(CSCC(=O)Nc2cccc(C(=O)NC3CC3)c2)nc(Nc2ccccc2)n1. The van der Waals surface area contributed by atoms with E-state index in [1.807, 2.05) is 30.3 Å². The van der Waals surface area contributed by atoms with Crippen LogP contribution < -0.4 is 21.7 Å². The van der Waals surface area contributed by atoms with E-state index in [0.717, 1.165) is 18.5 Å². The molecular weight excluding hydrogens is 426 g/mol. The van der Waals surface area contributed by atoms with Gasteiger partial charge in [0.2, 0.25) is 17.8 Å². The molecule has 4 rings (SSSR count). The van der Waals surface area contributed by atoms with Crippen LogP contribution in [0.3, 0.4) is 0 Å². The van der Waals surface area contributed by atoms with Crippen molar-refractivity contribution in [1.82, 2.24) is 20.3 Å². The van der Waals surface area contributed by atoms with E-state index in [0.29, 0.717) is 28.8 Å². The van der Waals surface area contributed by atoms with Crippen molar-refractivity contribution in [3.05, 3.63) is 66.0 Å². The molecule has 0 atom stereocenters. The van der Waals surface area contributed by atoms with Gasteiger partial charge in [-0.2, -0.15) is 15.0 Å². The number of aromatic nitrogens is 3. The predicted octanol–water partition coefficient (Wildman–Crippen LogP) is 2.96. The first kappa shape index (κ1) is 21.6. The number of rotatable bonds is 9. The third-order valence-electron chi connectivity index (χ3n) is 4.51. The lowest BCUT2D eigenvalue weighted by Gasteiger charge is -2.09. The van der Waals surface area contributed by atoms with Gasteiger partial charge in [0.15, 0.2) is 0 Å². The lowest BCUT2D eigenvalue weighted by molar-refractivity contribution is -0.113. The molecule has 32 heavy (non-hydrogen) atoms. The number of nitrogens with zero attached hydrogens (tertiary/aromatic N) is 3. The number of nitrogen functional groups attached to an aromatic ring is 1. The van der Waals surface area contributed by atoms with Crippen molar-refractivity contribution in [3.8, 4) is 0 Å². The number of carbonyl (C=O) groups excluding carboxylic acids is 2. The quantitative estimate of drug-likeness (QED) is 0.392. The van der Waals surface area contributed by atoms with Gasteiger partial charge in [0, 0.05) is 23.0 Å². The second-order valence-electron chi connectivity index (χ2n) is 7.29. The Balaban J connectivity index is 1.28. The van der Waals surface area contributed by atoms with E-state index >= 15 is 0 Å². The van der Waals surface area contributed by atoms with Gasteiger partial charge in [-0.25, -0.2) is 0 Å². The van der Waals surface area contributed by atoms with Crippen LogP contribution in [0.2, 0.25) is 0 Å². The Hall–Kier alpha value is -3.66. The maximum absolute atomic E-state index is 12.3. The second-order valence-corrected chi connectivity index (χ2v) is 8.28. The molecule has 1 heterocycles. The smallest absolute Gasteiger partial charge is 0.251 e. The molecule has 0 unspecified atom stereocenters.